The monoisotopic (exact) mass is 394 g/mol. The van der Waals surface area contributed by atoms with Crippen molar-refractivity contribution in [3.8, 4) is 23.1 Å². The molecule has 5 heteroatoms. The van der Waals surface area contributed by atoms with Crippen LogP contribution in [-0.2, 0) is 0 Å². The van der Waals surface area contributed by atoms with Crippen LogP contribution in [0, 0.1) is 20.8 Å². The molecule has 0 saturated heterocycles. The van der Waals surface area contributed by atoms with Crippen LogP contribution in [0.1, 0.15) is 16.7 Å². The lowest BCUT2D eigenvalue weighted by Crippen LogP contribution is -2.02. The minimum absolute atomic E-state index is 0.317. The van der Waals surface area contributed by atoms with Crippen molar-refractivity contribution in [3.05, 3.63) is 77.6 Å². The Morgan fingerprint density at radius 1 is 0.800 bits per heavy atom. The van der Waals surface area contributed by atoms with E-state index in [0.717, 1.165) is 16.7 Å². The van der Waals surface area contributed by atoms with E-state index in [1.165, 1.54) is 39.4 Å². The second-order valence-corrected chi connectivity index (χ2v) is 7.63. The molecule has 0 spiro atoms. The highest BCUT2D eigenvalue weighted by molar-refractivity contribution is 6.09. The first-order valence-corrected chi connectivity index (χ1v) is 9.91. The highest BCUT2D eigenvalue weighted by Crippen LogP contribution is 2.36. The quantitative estimate of drug-likeness (QED) is 0.401. The molecule has 0 saturated carbocycles. The summed E-state index contributed by atoms with van der Waals surface area (Å²) in [6.07, 6.45) is 1.48. The predicted molar refractivity (Wildman–Crippen MR) is 120 cm³/mol. The van der Waals surface area contributed by atoms with Gasteiger partial charge in [-0.05, 0) is 62.2 Å². The Morgan fingerprint density at radius 3 is 2.30 bits per heavy atom. The van der Waals surface area contributed by atoms with Crippen molar-refractivity contribution in [2.75, 3.05) is 7.11 Å². The number of benzene rings is 3. The maximum Gasteiger partial charge on any atom is 0.319 e. The number of fused-ring (bicyclic) bond motifs is 3. The normalized spacial score (nSPS) is 11.3. The van der Waals surface area contributed by atoms with Gasteiger partial charge >= 0.3 is 6.01 Å². The first-order chi connectivity index (χ1) is 14.6. The molecule has 0 aliphatic rings. The van der Waals surface area contributed by atoms with Crippen LogP contribution in [-0.4, -0.2) is 26.6 Å². The topological polar surface area (TPSA) is 52.8 Å². The summed E-state index contributed by atoms with van der Waals surface area (Å²) in [5.41, 5.74) is 8.14. The highest BCUT2D eigenvalue weighted by Gasteiger charge is 2.17. The molecule has 3 aromatic carbocycles. The molecular weight excluding hydrogens is 372 g/mol. The van der Waals surface area contributed by atoms with Gasteiger partial charge < -0.3 is 9.30 Å². The molecule has 0 atom stereocenters. The van der Waals surface area contributed by atoms with Crippen molar-refractivity contribution in [2.45, 2.75) is 20.8 Å². The van der Waals surface area contributed by atoms with Gasteiger partial charge in [-0.15, -0.1) is 0 Å². The summed E-state index contributed by atoms with van der Waals surface area (Å²) < 4.78 is 7.53. The van der Waals surface area contributed by atoms with Crippen LogP contribution in [0.4, 0.5) is 0 Å². The summed E-state index contributed by atoms with van der Waals surface area (Å²) in [6.45, 7) is 6.41. The maximum absolute atomic E-state index is 5.16. The zero-order valence-corrected chi connectivity index (χ0v) is 17.5. The number of methoxy groups -OCH3 is 1. The molecule has 5 nitrogen and oxygen atoms in total. The number of aryl methyl sites for hydroxylation is 3. The van der Waals surface area contributed by atoms with E-state index in [-0.39, 0.29) is 0 Å². The number of hydrogen-bond donors (Lipinski definition) is 0. The molecular formula is C25H22N4O. The van der Waals surface area contributed by atoms with Gasteiger partial charge in [0.05, 0.1) is 23.8 Å². The lowest BCUT2D eigenvalue weighted by atomic mass is 10.0. The van der Waals surface area contributed by atoms with Gasteiger partial charge in [-0.3, -0.25) is 0 Å². The summed E-state index contributed by atoms with van der Waals surface area (Å²) in [7, 11) is 1.56. The number of ether oxygens (including phenoxy) is 1. The van der Waals surface area contributed by atoms with Crippen LogP contribution in [0.2, 0.25) is 0 Å². The number of para-hydroxylation sites is 1. The van der Waals surface area contributed by atoms with Crippen molar-refractivity contribution < 1.29 is 4.74 Å². The molecule has 0 amide bonds. The SMILES string of the molecule is COc1ncnc(-c2cc(C)c(-n3c4ccccc4c4cc(C)ccc43)c(C)c2)n1. The van der Waals surface area contributed by atoms with Crippen LogP contribution < -0.4 is 4.74 Å². The van der Waals surface area contributed by atoms with Crippen molar-refractivity contribution in [1.29, 1.82) is 0 Å². The zero-order valence-electron chi connectivity index (χ0n) is 17.5. The lowest BCUT2D eigenvalue weighted by Gasteiger charge is -2.16. The van der Waals surface area contributed by atoms with E-state index in [1.807, 2.05) is 0 Å². The molecule has 0 aliphatic heterocycles. The fraction of sp³-hybridized carbons (Fsp3) is 0.160. The molecule has 0 radical (unpaired) electrons. The second kappa shape index (κ2) is 6.95. The van der Waals surface area contributed by atoms with E-state index in [4.69, 9.17) is 4.74 Å². The number of hydrogen-bond acceptors (Lipinski definition) is 4. The third-order valence-corrected chi connectivity index (χ3v) is 5.53. The van der Waals surface area contributed by atoms with Gasteiger partial charge in [-0.2, -0.15) is 9.97 Å². The molecule has 2 heterocycles. The van der Waals surface area contributed by atoms with Crippen molar-refractivity contribution in [2.24, 2.45) is 0 Å². The van der Waals surface area contributed by atoms with Gasteiger partial charge in [0.25, 0.3) is 0 Å². The van der Waals surface area contributed by atoms with Crippen LogP contribution in [0.5, 0.6) is 6.01 Å². The Morgan fingerprint density at radius 2 is 1.53 bits per heavy atom. The fourth-order valence-corrected chi connectivity index (χ4v) is 4.28. The zero-order chi connectivity index (χ0) is 20.8. The summed E-state index contributed by atoms with van der Waals surface area (Å²) in [5.74, 6) is 0.609. The summed E-state index contributed by atoms with van der Waals surface area (Å²) in [6, 6.07) is 19.8. The fourth-order valence-electron chi connectivity index (χ4n) is 4.28. The van der Waals surface area contributed by atoms with E-state index in [1.54, 1.807) is 7.11 Å². The minimum Gasteiger partial charge on any atom is -0.467 e. The molecule has 5 aromatic rings. The average molecular weight is 394 g/mol. The van der Waals surface area contributed by atoms with Gasteiger partial charge in [0, 0.05) is 16.3 Å². The predicted octanol–water partition coefficient (Wildman–Crippen LogP) is 5.57. The van der Waals surface area contributed by atoms with Gasteiger partial charge in [0.15, 0.2) is 5.82 Å². The largest absolute Gasteiger partial charge is 0.467 e. The number of nitrogens with zero attached hydrogens (tertiary/aromatic N) is 4. The maximum atomic E-state index is 5.16. The Kier molecular flexibility index (Phi) is 4.24. The lowest BCUT2D eigenvalue weighted by molar-refractivity contribution is 0.378. The first-order valence-electron chi connectivity index (χ1n) is 9.91. The summed E-state index contributed by atoms with van der Waals surface area (Å²) in [5, 5.41) is 2.54. The van der Waals surface area contributed by atoms with E-state index in [9.17, 15) is 0 Å². The Bertz CT molecular complexity index is 1390. The van der Waals surface area contributed by atoms with Gasteiger partial charge in [-0.1, -0.05) is 29.8 Å². The van der Waals surface area contributed by atoms with Crippen molar-refractivity contribution in [1.82, 2.24) is 19.5 Å². The van der Waals surface area contributed by atoms with Crippen LogP contribution >= 0.6 is 0 Å². The third-order valence-electron chi connectivity index (χ3n) is 5.53. The molecule has 0 aliphatic carbocycles. The van der Waals surface area contributed by atoms with Crippen LogP contribution in [0.25, 0.3) is 38.9 Å². The van der Waals surface area contributed by atoms with Crippen molar-refractivity contribution >= 4 is 21.8 Å². The van der Waals surface area contributed by atoms with Gasteiger partial charge in [0.1, 0.15) is 6.33 Å². The number of rotatable bonds is 3. The molecule has 0 bridgehead atoms. The smallest absolute Gasteiger partial charge is 0.319 e. The molecule has 2 aromatic heterocycles. The Labute approximate surface area is 175 Å². The Hall–Kier alpha value is -3.73. The van der Waals surface area contributed by atoms with Gasteiger partial charge in [-0.25, -0.2) is 4.98 Å². The standard InChI is InChI=1S/C25H22N4O/c1-15-9-10-22-20(11-15)19-7-5-6-8-21(19)29(22)23-16(2)12-18(13-17(23)3)24-26-14-27-25(28-24)30-4/h5-14H,1-4H3. The molecule has 0 unspecified atom stereocenters. The van der Waals surface area contributed by atoms with E-state index in [2.05, 4.69) is 94.9 Å². The number of aromatic nitrogens is 4. The molecule has 148 valence electrons. The van der Waals surface area contributed by atoms with Crippen LogP contribution in [0.15, 0.2) is 60.9 Å². The molecule has 30 heavy (non-hydrogen) atoms. The average Bonchev–Trinajstić information content (AvgIpc) is 3.07. The Balaban J connectivity index is 1.78. The summed E-state index contributed by atoms with van der Waals surface area (Å²) in [4.78, 5) is 12.7. The van der Waals surface area contributed by atoms with Gasteiger partial charge in [0.2, 0.25) is 0 Å². The first kappa shape index (κ1) is 18.3. The molecule has 5 rings (SSSR count). The third kappa shape index (κ3) is 2.82. The second-order valence-electron chi connectivity index (χ2n) is 7.63. The highest BCUT2D eigenvalue weighted by atomic mass is 16.5. The molecule has 0 fully saturated rings. The van der Waals surface area contributed by atoms with E-state index >= 15 is 0 Å². The molecule has 0 N–H and O–H groups in total. The van der Waals surface area contributed by atoms with Crippen LogP contribution in [0.3, 0.4) is 0 Å². The van der Waals surface area contributed by atoms with E-state index in [0.29, 0.717) is 11.8 Å². The van der Waals surface area contributed by atoms with Crippen molar-refractivity contribution in [3.63, 3.8) is 0 Å². The van der Waals surface area contributed by atoms with E-state index < -0.39 is 0 Å². The minimum atomic E-state index is 0.317. The summed E-state index contributed by atoms with van der Waals surface area (Å²) >= 11 is 0.